The second kappa shape index (κ2) is 8.69. The number of nitrogens with one attached hydrogen (secondary N) is 1. The number of H-pyrrole nitrogens is 1. The molecule has 2 aromatic carbocycles. The lowest BCUT2D eigenvalue weighted by Crippen LogP contribution is -2.21. The van der Waals surface area contributed by atoms with Crippen molar-refractivity contribution in [2.45, 2.75) is 19.5 Å². The molecular formula is C22H13ClF5N5O2. The number of nitrogens with zero attached hydrogens (tertiary/aromatic N) is 4. The summed E-state index contributed by atoms with van der Waals surface area (Å²) in [6.45, 7) is 0.451. The molecule has 4 aromatic rings. The molecule has 0 fully saturated rings. The van der Waals surface area contributed by atoms with E-state index in [1.807, 2.05) is 0 Å². The largest absolute Gasteiger partial charge is 0.573 e. The maximum absolute atomic E-state index is 14.1. The SMILES string of the molecule is Fc1cccc(-c2nc3c([nH]2)C=NN(Cc2cc(-c4ccc(OC(F)(F)F)c(Cl)c4)no2)C3)c1F. The number of fused-ring (bicyclic) bond motifs is 1. The highest BCUT2D eigenvalue weighted by Crippen LogP contribution is 2.34. The lowest BCUT2D eigenvalue weighted by Gasteiger charge is -2.19. The zero-order valence-electron chi connectivity index (χ0n) is 17.4. The van der Waals surface area contributed by atoms with Crippen LogP contribution in [0, 0.1) is 11.6 Å². The summed E-state index contributed by atoms with van der Waals surface area (Å²) in [4.78, 5) is 7.29. The summed E-state index contributed by atoms with van der Waals surface area (Å²) in [6.07, 6.45) is -3.36. The molecule has 0 unspecified atom stereocenters. The number of imidazole rings is 1. The van der Waals surface area contributed by atoms with E-state index < -0.39 is 23.7 Å². The molecule has 0 aliphatic carbocycles. The van der Waals surface area contributed by atoms with E-state index in [0.29, 0.717) is 28.4 Å². The number of alkyl halides is 3. The topological polar surface area (TPSA) is 79.5 Å². The first kappa shape index (κ1) is 22.8. The summed E-state index contributed by atoms with van der Waals surface area (Å²) >= 11 is 5.90. The van der Waals surface area contributed by atoms with Crippen LogP contribution < -0.4 is 4.74 Å². The Labute approximate surface area is 198 Å². The number of hydrazone groups is 1. The number of hydrogen-bond acceptors (Lipinski definition) is 6. The highest BCUT2D eigenvalue weighted by Gasteiger charge is 2.32. The Balaban J connectivity index is 1.29. The predicted molar refractivity (Wildman–Crippen MR) is 114 cm³/mol. The maximum atomic E-state index is 14.1. The van der Waals surface area contributed by atoms with Gasteiger partial charge in [0.2, 0.25) is 0 Å². The summed E-state index contributed by atoms with van der Waals surface area (Å²) in [5.74, 6) is -1.91. The Morgan fingerprint density at radius 2 is 1.97 bits per heavy atom. The normalized spacial score (nSPS) is 13.3. The van der Waals surface area contributed by atoms with Crippen molar-refractivity contribution in [3.05, 3.63) is 76.3 Å². The van der Waals surface area contributed by atoms with Gasteiger partial charge in [0.25, 0.3) is 0 Å². The van der Waals surface area contributed by atoms with Crippen LogP contribution in [0.25, 0.3) is 22.6 Å². The maximum Gasteiger partial charge on any atom is 0.573 e. The third-order valence-electron chi connectivity index (χ3n) is 5.05. The summed E-state index contributed by atoms with van der Waals surface area (Å²) < 4.78 is 74.1. The number of ether oxygens (including phenoxy) is 1. The monoisotopic (exact) mass is 509 g/mol. The van der Waals surface area contributed by atoms with Gasteiger partial charge < -0.3 is 14.2 Å². The Morgan fingerprint density at radius 1 is 1.14 bits per heavy atom. The Bertz CT molecular complexity index is 1430. The minimum atomic E-state index is -4.86. The van der Waals surface area contributed by atoms with Crippen molar-refractivity contribution < 1.29 is 31.2 Å². The van der Waals surface area contributed by atoms with Crippen LogP contribution in [0.5, 0.6) is 5.75 Å². The molecule has 1 N–H and O–H groups in total. The summed E-state index contributed by atoms with van der Waals surface area (Å²) in [5, 5.41) is 9.60. The lowest BCUT2D eigenvalue weighted by atomic mass is 10.1. The lowest BCUT2D eigenvalue weighted by molar-refractivity contribution is -0.274. The molecule has 0 atom stereocenters. The van der Waals surface area contributed by atoms with Crippen molar-refractivity contribution in [2.75, 3.05) is 0 Å². The van der Waals surface area contributed by atoms with Crippen molar-refractivity contribution in [1.29, 1.82) is 0 Å². The molecule has 13 heteroatoms. The summed E-state index contributed by atoms with van der Waals surface area (Å²) in [7, 11) is 0. The fourth-order valence-corrected chi connectivity index (χ4v) is 3.70. The van der Waals surface area contributed by atoms with Crippen LogP contribution in [0.4, 0.5) is 22.0 Å². The molecule has 3 heterocycles. The summed E-state index contributed by atoms with van der Waals surface area (Å²) in [6, 6.07) is 9.17. The smallest absolute Gasteiger partial charge is 0.404 e. The molecule has 7 nitrogen and oxygen atoms in total. The van der Waals surface area contributed by atoms with Crippen LogP contribution in [0.15, 0.2) is 52.1 Å². The molecule has 180 valence electrons. The standard InChI is InChI=1S/C22H13ClF5N5O2/c23-14-6-11(4-5-19(14)34-22(26,27)28)16-7-12(35-32-16)9-33-10-18-17(8-29-33)30-21(31-18)13-2-1-3-15(24)20(13)25/h1-8H,9-10H2,(H,30,31). The first-order valence-corrected chi connectivity index (χ1v) is 10.4. The molecule has 2 aromatic heterocycles. The molecule has 1 aliphatic heterocycles. The van der Waals surface area contributed by atoms with Gasteiger partial charge in [-0.15, -0.1) is 13.2 Å². The first-order chi connectivity index (χ1) is 16.7. The van der Waals surface area contributed by atoms with Crippen LogP contribution in [0.1, 0.15) is 17.1 Å². The third-order valence-corrected chi connectivity index (χ3v) is 5.35. The number of halogens is 6. The van der Waals surface area contributed by atoms with E-state index in [0.717, 1.165) is 12.1 Å². The van der Waals surface area contributed by atoms with Crippen molar-refractivity contribution in [2.24, 2.45) is 5.10 Å². The predicted octanol–water partition coefficient (Wildman–Crippen LogP) is 5.91. The number of rotatable bonds is 5. The minimum Gasteiger partial charge on any atom is -0.404 e. The second-order valence-electron chi connectivity index (χ2n) is 7.49. The number of benzene rings is 2. The average molecular weight is 510 g/mol. The Morgan fingerprint density at radius 3 is 2.74 bits per heavy atom. The molecule has 5 rings (SSSR count). The number of aromatic amines is 1. The average Bonchev–Trinajstić information content (AvgIpc) is 3.43. The quantitative estimate of drug-likeness (QED) is 0.338. The van der Waals surface area contributed by atoms with Crippen LogP contribution in [-0.2, 0) is 13.1 Å². The molecule has 0 bridgehead atoms. The molecular weight excluding hydrogens is 497 g/mol. The molecule has 0 saturated heterocycles. The van der Waals surface area contributed by atoms with Crippen molar-refractivity contribution in [3.63, 3.8) is 0 Å². The summed E-state index contributed by atoms with van der Waals surface area (Å²) in [5.41, 5.74) is 1.92. The Hall–Kier alpha value is -3.93. The van der Waals surface area contributed by atoms with Gasteiger partial charge in [0.1, 0.15) is 17.3 Å². The fraction of sp³-hybridized carbons (Fsp3) is 0.136. The van der Waals surface area contributed by atoms with Crippen LogP contribution in [0.2, 0.25) is 5.02 Å². The second-order valence-corrected chi connectivity index (χ2v) is 7.89. The zero-order valence-corrected chi connectivity index (χ0v) is 18.2. The van der Waals surface area contributed by atoms with E-state index in [4.69, 9.17) is 16.1 Å². The van der Waals surface area contributed by atoms with Gasteiger partial charge in [0.05, 0.1) is 41.3 Å². The van der Waals surface area contributed by atoms with Crippen LogP contribution >= 0.6 is 11.6 Å². The first-order valence-electron chi connectivity index (χ1n) is 10.00. The number of hydrogen-bond donors (Lipinski definition) is 1. The van der Waals surface area contributed by atoms with Crippen molar-refractivity contribution >= 4 is 17.8 Å². The zero-order chi connectivity index (χ0) is 24.7. The van der Waals surface area contributed by atoms with E-state index in [2.05, 4.69) is 25.0 Å². The van der Waals surface area contributed by atoms with Crippen molar-refractivity contribution in [3.8, 4) is 28.4 Å². The van der Waals surface area contributed by atoms with Gasteiger partial charge in [-0.25, -0.2) is 13.8 Å². The molecule has 1 aliphatic rings. The molecule has 35 heavy (non-hydrogen) atoms. The van der Waals surface area contributed by atoms with Crippen molar-refractivity contribution in [1.82, 2.24) is 20.1 Å². The Kier molecular flexibility index (Phi) is 5.67. The van der Waals surface area contributed by atoms with Crippen LogP contribution in [0.3, 0.4) is 0 Å². The van der Waals surface area contributed by atoms with E-state index in [-0.39, 0.29) is 29.5 Å². The van der Waals surface area contributed by atoms with Gasteiger partial charge in [-0.2, -0.15) is 5.10 Å². The van der Waals surface area contributed by atoms with E-state index in [9.17, 15) is 22.0 Å². The highest BCUT2D eigenvalue weighted by atomic mass is 35.5. The third kappa shape index (κ3) is 4.83. The van der Waals surface area contributed by atoms with E-state index >= 15 is 0 Å². The molecule has 0 spiro atoms. The van der Waals surface area contributed by atoms with Gasteiger partial charge in [-0.05, 0) is 30.3 Å². The number of aromatic nitrogens is 3. The van der Waals surface area contributed by atoms with Gasteiger partial charge in [0.15, 0.2) is 17.4 Å². The fourth-order valence-electron chi connectivity index (χ4n) is 3.49. The van der Waals surface area contributed by atoms with Gasteiger partial charge in [-0.3, -0.25) is 5.01 Å². The van der Waals surface area contributed by atoms with E-state index in [1.165, 1.54) is 30.5 Å². The van der Waals surface area contributed by atoms with Gasteiger partial charge in [0, 0.05) is 11.6 Å². The van der Waals surface area contributed by atoms with Gasteiger partial charge >= 0.3 is 6.36 Å². The molecule has 0 radical (unpaired) electrons. The molecule has 0 amide bonds. The van der Waals surface area contributed by atoms with E-state index in [1.54, 1.807) is 11.1 Å². The molecule has 0 saturated carbocycles. The van der Waals surface area contributed by atoms with Crippen LogP contribution in [-0.4, -0.2) is 32.7 Å². The van der Waals surface area contributed by atoms with Gasteiger partial charge in [-0.1, -0.05) is 22.8 Å². The highest BCUT2D eigenvalue weighted by molar-refractivity contribution is 6.32. The minimum absolute atomic E-state index is 0.00420.